The number of ether oxygens (including phenoxy) is 2. The average molecular weight is 1450 g/mol. The highest BCUT2D eigenvalue weighted by atomic mass is 16.7. The van der Waals surface area contributed by atoms with Crippen molar-refractivity contribution in [1.29, 1.82) is 0 Å². The maximum atomic E-state index is 15.3. The smallest absolute Gasteiger partial charge is 0.246 e. The molecule has 3 fully saturated rings. The number of hydrogen-bond donors (Lipinski definition) is 16. The summed E-state index contributed by atoms with van der Waals surface area (Å²) in [6, 6.07) is 7.14. The van der Waals surface area contributed by atoms with Gasteiger partial charge in [0.15, 0.2) is 6.29 Å². The topological polar surface area (TPSA) is 524 Å². The molecule has 0 radical (unpaired) electrons. The van der Waals surface area contributed by atoms with Gasteiger partial charge in [-0.05, 0) is 92.7 Å². The molecule has 0 bridgehead atoms. The van der Waals surface area contributed by atoms with E-state index in [1.54, 1.807) is 88.4 Å². The lowest BCUT2D eigenvalue weighted by Gasteiger charge is -2.38. The number of primary amides is 2. The third kappa shape index (κ3) is 24.0. The van der Waals surface area contributed by atoms with E-state index in [4.69, 9.17) is 26.7 Å². The summed E-state index contributed by atoms with van der Waals surface area (Å²) in [7, 11) is 0. The van der Waals surface area contributed by atoms with Crippen molar-refractivity contribution in [3.63, 3.8) is 0 Å². The first-order valence-electron chi connectivity index (χ1n) is 34.8. The number of phenolic OH excluding ortho intramolecular Hbond substituents is 1. The maximum Gasteiger partial charge on any atom is 0.246 e. The molecule has 3 aliphatic heterocycles. The summed E-state index contributed by atoms with van der Waals surface area (Å²) in [4.78, 5) is 176. The van der Waals surface area contributed by atoms with Crippen LogP contribution in [-0.2, 0) is 99.2 Å². The standard InChI is InChI=1S/C70H98N16O18/c1-37(2)30-47-62(95)81-52(33-41-16-10-7-11-17-41)69(102)86-27-13-19-53(86)67(100)80-48(31-40-14-8-6-9-15-40)63(96)78-50(34-43-36-85(84-83-43)28-29-103-70-59(92)58(91)57(90)39(5)104-70)64(97)79-51(35-55(73)89)65(98)74-46(24-25-54(72)88)61(94)77-49(32-42-20-22-44(87)23-21-42)66(99)82-56(38(3)4)68(101)75-45(18-12-26-71)60(93)76-47/h6-11,14-17,20-23,36-39,45-53,56-59,70,87,90-92H,12-13,18-19,24-35,71H2,1-5H3,(H2,72,88)(H2,73,89)(H,74,98)(H,75,101)(H,76,93)(H,77,94)(H,78,96)(H,79,97)(H,80,100)(H,81,95)(H,82,99)/t39-,45-,46-,47-,48-,49-,50+,51-,52+,53-,56-,57+,58+,59-,70-/m0/s1. The van der Waals surface area contributed by atoms with Crippen molar-refractivity contribution in [2.24, 2.45) is 29.0 Å². The van der Waals surface area contributed by atoms with E-state index in [2.05, 4.69) is 58.2 Å². The van der Waals surface area contributed by atoms with E-state index in [-0.39, 0.29) is 88.5 Å². The van der Waals surface area contributed by atoms with Gasteiger partial charge in [-0.2, -0.15) is 0 Å². The summed E-state index contributed by atoms with van der Waals surface area (Å²) in [6.07, 6.45) is -8.23. The number of aromatic nitrogens is 3. The molecular weight excluding hydrogens is 1350 g/mol. The number of nitrogens with two attached hydrogens (primary N) is 3. The molecule has 19 N–H and O–H groups in total. The molecule has 0 aliphatic carbocycles. The van der Waals surface area contributed by atoms with Crippen molar-refractivity contribution in [2.45, 2.75) is 209 Å². The van der Waals surface area contributed by atoms with Crippen LogP contribution in [0.15, 0.2) is 91.1 Å². The number of amides is 12. The van der Waals surface area contributed by atoms with Gasteiger partial charge in [0.05, 0.1) is 31.4 Å². The molecule has 34 nitrogen and oxygen atoms in total. The minimum Gasteiger partial charge on any atom is -0.508 e. The van der Waals surface area contributed by atoms with E-state index < -0.39 is 194 Å². The fraction of sp³-hybridized carbons (Fsp3) is 0.543. The number of aliphatic hydroxyl groups excluding tert-OH is 3. The van der Waals surface area contributed by atoms with Crippen molar-refractivity contribution >= 4 is 70.9 Å². The van der Waals surface area contributed by atoms with Crippen LogP contribution in [0.1, 0.15) is 108 Å². The number of carbonyl (C=O) groups is 12. The lowest BCUT2D eigenvalue weighted by Crippen LogP contribution is -2.62. The van der Waals surface area contributed by atoms with Crippen LogP contribution in [0.25, 0.3) is 0 Å². The number of phenols is 1. The lowest BCUT2D eigenvalue weighted by atomic mass is 9.99. The molecule has 0 unspecified atom stereocenters. The first kappa shape index (κ1) is 81.3. The van der Waals surface area contributed by atoms with E-state index >= 15 is 19.2 Å². The van der Waals surface area contributed by atoms with Gasteiger partial charge in [-0.3, -0.25) is 57.5 Å². The number of benzene rings is 3. The molecule has 7 rings (SSSR count). The molecule has 3 saturated heterocycles. The van der Waals surface area contributed by atoms with Crippen molar-refractivity contribution < 1.29 is 87.4 Å². The zero-order valence-electron chi connectivity index (χ0n) is 58.8. The van der Waals surface area contributed by atoms with Gasteiger partial charge in [0, 0.05) is 44.8 Å². The molecule has 12 amide bonds. The Labute approximate surface area is 601 Å². The second kappa shape index (κ2) is 39.0. The van der Waals surface area contributed by atoms with Gasteiger partial charge in [0.2, 0.25) is 70.9 Å². The number of aliphatic hydroxyl groups is 3. The molecule has 1 aromatic heterocycles. The van der Waals surface area contributed by atoms with Crippen LogP contribution >= 0.6 is 0 Å². The van der Waals surface area contributed by atoms with E-state index in [9.17, 15) is 58.8 Å². The quantitative estimate of drug-likeness (QED) is 0.0337. The minimum absolute atomic E-state index is 0.0135. The SMILES string of the molecule is CC(C)C[C@@H]1NC(=O)[C@H](CCCN)NC(=O)[C@H](C(C)C)NC(=O)[C@H](Cc2ccc(O)cc2)NC(=O)[C@H](CCC(N)=O)NC(=O)[C@H](CC(N)=O)NC(=O)[C@@H](Cc2cn(CCO[C@H]3O[C@@H](C)[C@@H](O)[C@@H](O)[C@@H]3O)nn2)NC(=O)[C@H](Cc2ccccc2)NC(=O)[C@@H]2CCCN2C(=O)[C@@H](Cc2ccccc2)NC1=O. The second-order valence-corrected chi connectivity index (χ2v) is 27.1. The zero-order chi connectivity index (χ0) is 75.9. The summed E-state index contributed by atoms with van der Waals surface area (Å²) in [5.74, 6) is -12.7. The van der Waals surface area contributed by atoms with Gasteiger partial charge in [0.25, 0.3) is 0 Å². The molecular formula is C70H98N16O18. The Morgan fingerprint density at radius 3 is 1.64 bits per heavy atom. The van der Waals surface area contributed by atoms with Crippen LogP contribution < -0.4 is 65.1 Å². The van der Waals surface area contributed by atoms with Crippen LogP contribution in [-0.4, -0.2) is 222 Å². The van der Waals surface area contributed by atoms with E-state index in [1.165, 1.54) is 47.0 Å². The van der Waals surface area contributed by atoms with Gasteiger partial charge in [0.1, 0.15) is 84.5 Å². The predicted octanol–water partition coefficient (Wildman–Crippen LogP) is -3.95. The fourth-order valence-corrected chi connectivity index (χ4v) is 12.3. The number of fused-ring (bicyclic) bond motifs is 1. The Bertz CT molecular complexity index is 3610. The van der Waals surface area contributed by atoms with Gasteiger partial charge >= 0.3 is 0 Å². The van der Waals surface area contributed by atoms with Crippen LogP contribution in [0, 0.1) is 11.8 Å². The third-order valence-corrected chi connectivity index (χ3v) is 18.0. The van der Waals surface area contributed by atoms with Crippen molar-refractivity contribution in [3.05, 3.63) is 114 Å². The van der Waals surface area contributed by atoms with Crippen LogP contribution in [0.2, 0.25) is 0 Å². The number of nitrogens with one attached hydrogen (secondary N) is 9. The Hall–Kier alpha value is -10.0. The Kier molecular flexibility index (Phi) is 30.5. The molecule has 566 valence electrons. The molecule has 15 atom stereocenters. The molecule has 104 heavy (non-hydrogen) atoms. The summed E-state index contributed by atoms with van der Waals surface area (Å²) in [6.45, 7) is 8.06. The predicted molar refractivity (Wildman–Crippen MR) is 371 cm³/mol. The average Bonchev–Trinajstić information content (AvgIpc) is 1.59. The molecule has 4 heterocycles. The van der Waals surface area contributed by atoms with Gasteiger partial charge in [-0.15, -0.1) is 5.10 Å². The lowest BCUT2D eigenvalue weighted by molar-refractivity contribution is -0.293. The second-order valence-electron chi connectivity index (χ2n) is 27.1. The monoisotopic (exact) mass is 1450 g/mol. The number of aromatic hydroxyl groups is 1. The minimum atomic E-state index is -1.98. The number of rotatable bonds is 23. The normalized spacial score (nSPS) is 27.1. The molecule has 0 saturated carbocycles. The summed E-state index contributed by atoms with van der Waals surface area (Å²) in [5.41, 5.74) is 18.7. The fourth-order valence-electron chi connectivity index (χ4n) is 12.3. The van der Waals surface area contributed by atoms with Gasteiger partial charge in [-0.25, -0.2) is 4.68 Å². The molecule has 34 heteroatoms. The Balaban J connectivity index is 1.31. The first-order chi connectivity index (χ1) is 49.5. The van der Waals surface area contributed by atoms with E-state index in [0.717, 1.165) is 0 Å². The van der Waals surface area contributed by atoms with Gasteiger partial charge in [-0.1, -0.05) is 106 Å². The highest BCUT2D eigenvalue weighted by Gasteiger charge is 2.44. The summed E-state index contributed by atoms with van der Waals surface area (Å²) in [5, 5.41) is 73.5. The molecule has 0 spiro atoms. The molecule has 3 aliphatic rings. The molecule has 3 aromatic carbocycles. The van der Waals surface area contributed by atoms with Crippen molar-refractivity contribution in [1.82, 2.24) is 67.7 Å². The van der Waals surface area contributed by atoms with Crippen LogP contribution in [0.4, 0.5) is 0 Å². The van der Waals surface area contributed by atoms with E-state index in [1.807, 2.05) is 0 Å². The summed E-state index contributed by atoms with van der Waals surface area (Å²) < 4.78 is 12.5. The number of hydrogen-bond acceptors (Lipinski definition) is 21. The highest BCUT2D eigenvalue weighted by Crippen LogP contribution is 2.24. The largest absolute Gasteiger partial charge is 0.508 e. The molecule has 4 aromatic rings. The van der Waals surface area contributed by atoms with Crippen molar-refractivity contribution in [2.75, 3.05) is 19.7 Å². The third-order valence-electron chi connectivity index (χ3n) is 18.0. The van der Waals surface area contributed by atoms with Crippen molar-refractivity contribution in [3.8, 4) is 5.75 Å². The summed E-state index contributed by atoms with van der Waals surface area (Å²) >= 11 is 0. The van der Waals surface area contributed by atoms with Gasteiger partial charge < -0.3 is 99.9 Å². The van der Waals surface area contributed by atoms with E-state index in [0.29, 0.717) is 23.1 Å². The van der Waals surface area contributed by atoms with Crippen LogP contribution in [0.3, 0.4) is 0 Å². The zero-order valence-corrected chi connectivity index (χ0v) is 58.8. The number of carbonyl (C=O) groups excluding carboxylic acids is 12. The maximum absolute atomic E-state index is 15.3. The first-order valence-corrected chi connectivity index (χ1v) is 34.8. The number of nitrogens with zero attached hydrogens (tertiary/aromatic N) is 4. The highest BCUT2D eigenvalue weighted by molar-refractivity contribution is 6.01. The Morgan fingerprint density at radius 1 is 0.577 bits per heavy atom. The Morgan fingerprint density at radius 2 is 1.07 bits per heavy atom. The van der Waals surface area contributed by atoms with Crippen LogP contribution in [0.5, 0.6) is 5.75 Å².